The molecule has 0 amide bonds. The van der Waals surface area contributed by atoms with Crippen molar-refractivity contribution in [2.45, 2.75) is 6.61 Å². The molecule has 0 aromatic heterocycles. The van der Waals surface area contributed by atoms with E-state index in [1.807, 2.05) is 0 Å². The number of rotatable bonds is 0. The summed E-state index contributed by atoms with van der Waals surface area (Å²) in [5, 5.41) is 18.4. The van der Waals surface area contributed by atoms with Gasteiger partial charge >= 0.3 is 6.75 Å². The molecule has 1 aliphatic heterocycles. The molecule has 2 N–H and O–H groups in total. The lowest BCUT2D eigenvalue weighted by Crippen LogP contribution is -2.47. The summed E-state index contributed by atoms with van der Waals surface area (Å²) in [4.78, 5) is 0. The minimum absolute atomic E-state index is 0.0556. The first-order valence-electron chi connectivity index (χ1n) is 3.61. The molecule has 0 radical (unpaired) electrons. The summed E-state index contributed by atoms with van der Waals surface area (Å²) in [7, 11) is 0. The van der Waals surface area contributed by atoms with Crippen LogP contribution >= 0.6 is 0 Å². The third-order valence-electron chi connectivity index (χ3n) is 1.98. The summed E-state index contributed by atoms with van der Waals surface area (Å²) in [6, 6.07) is 3.75. The van der Waals surface area contributed by atoms with E-state index in [1.54, 1.807) is 0 Å². The maximum absolute atomic E-state index is 12.6. The minimum atomic E-state index is -2.88. The van der Waals surface area contributed by atoms with E-state index in [-0.39, 0.29) is 12.1 Å². The first-order chi connectivity index (χ1) is 5.59. The molecule has 0 aliphatic carbocycles. The Kier molecular flexibility index (Phi) is 1.48. The Labute approximate surface area is 68.4 Å². The highest BCUT2D eigenvalue weighted by Crippen LogP contribution is 2.15. The Bertz CT molecular complexity index is 326. The van der Waals surface area contributed by atoms with Gasteiger partial charge in [-0.1, -0.05) is 11.6 Å². The normalized spacial score (nSPS) is 19.2. The smallest absolute Gasteiger partial charge is 0.405 e. The Morgan fingerprint density at radius 1 is 1.42 bits per heavy atom. The Hall–Kier alpha value is -0.905. The van der Waals surface area contributed by atoms with E-state index in [1.165, 1.54) is 18.2 Å². The lowest BCUT2D eigenvalue weighted by molar-refractivity contribution is 0.169. The zero-order chi connectivity index (χ0) is 8.77. The van der Waals surface area contributed by atoms with E-state index in [0.29, 0.717) is 5.56 Å². The van der Waals surface area contributed by atoms with Crippen LogP contribution in [0.4, 0.5) is 4.39 Å². The molecular formula is C7H7BFO3-. The van der Waals surface area contributed by atoms with Crippen molar-refractivity contribution < 1.29 is 19.1 Å². The van der Waals surface area contributed by atoms with Gasteiger partial charge in [0, 0.05) is 6.61 Å². The fraction of sp³-hybridized carbons (Fsp3) is 0.143. The highest BCUT2D eigenvalue weighted by Gasteiger charge is 2.31. The van der Waals surface area contributed by atoms with Crippen LogP contribution in [-0.2, 0) is 11.3 Å². The van der Waals surface area contributed by atoms with Crippen molar-refractivity contribution in [2.75, 3.05) is 0 Å². The molecule has 3 nitrogen and oxygen atoms in total. The Morgan fingerprint density at radius 2 is 2.17 bits per heavy atom. The standard InChI is InChI=1S/C7H7BFO3/c9-6-1-2-7-5(3-6)4-12-8(7,10)11/h1-3,10-11H,4H2/q-1. The minimum Gasteiger partial charge on any atom is -0.556 e. The molecule has 0 saturated heterocycles. The van der Waals surface area contributed by atoms with E-state index >= 15 is 0 Å². The van der Waals surface area contributed by atoms with Crippen LogP contribution in [0.3, 0.4) is 0 Å². The number of benzene rings is 1. The number of halogens is 1. The van der Waals surface area contributed by atoms with Crippen LogP contribution in [0.2, 0.25) is 0 Å². The van der Waals surface area contributed by atoms with Gasteiger partial charge in [0.1, 0.15) is 5.82 Å². The molecule has 1 heterocycles. The molecular weight excluding hydrogens is 162 g/mol. The molecule has 0 spiro atoms. The second-order valence-corrected chi connectivity index (χ2v) is 2.86. The van der Waals surface area contributed by atoms with Crippen molar-refractivity contribution >= 4 is 12.2 Å². The van der Waals surface area contributed by atoms with E-state index in [2.05, 4.69) is 4.65 Å². The second-order valence-electron chi connectivity index (χ2n) is 2.86. The zero-order valence-electron chi connectivity index (χ0n) is 6.20. The summed E-state index contributed by atoms with van der Waals surface area (Å²) >= 11 is 0. The Balaban J connectivity index is 2.55. The number of fused-ring (bicyclic) bond motifs is 1. The van der Waals surface area contributed by atoms with Gasteiger partial charge in [0.2, 0.25) is 0 Å². The molecule has 0 bridgehead atoms. The average molecular weight is 169 g/mol. The molecule has 2 rings (SSSR count). The quantitative estimate of drug-likeness (QED) is 0.514. The molecule has 1 aromatic carbocycles. The summed E-state index contributed by atoms with van der Waals surface area (Å²) in [6.07, 6.45) is 0. The maximum atomic E-state index is 12.6. The SMILES string of the molecule is O[B-]1(O)OCc2cc(F)ccc21. The lowest BCUT2D eigenvalue weighted by Gasteiger charge is -2.21. The molecule has 0 fully saturated rings. The predicted octanol–water partition coefficient (Wildman–Crippen LogP) is -0.514. The van der Waals surface area contributed by atoms with Crippen LogP contribution in [0, 0.1) is 5.82 Å². The zero-order valence-corrected chi connectivity index (χ0v) is 6.20. The van der Waals surface area contributed by atoms with E-state index in [9.17, 15) is 14.4 Å². The summed E-state index contributed by atoms with van der Waals surface area (Å²) in [6.45, 7) is -2.82. The van der Waals surface area contributed by atoms with Gasteiger partial charge in [0.05, 0.1) is 0 Å². The van der Waals surface area contributed by atoms with Crippen LogP contribution in [0.25, 0.3) is 0 Å². The van der Waals surface area contributed by atoms with Crippen molar-refractivity contribution in [3.8, 4) is 0 Å². The van der Waals surface area contributed by atoms with Crippen LogP contribution in [0.5, 0.6) is 0 Å². The third-order valence-corrected chi connectivity index (χ3v) is 1.98. The maximum Gasteiger partial charge on any atom is 0.405 e. The van der Waals surface area contributed by atoms with Crippen LogP contribution in [0.15, 0.2) is 18.2 Å². The monoisotopic (exact) mass is 169 g/mol. The van der Waals surface area contributed by atoms with Crippen molar-refractivity contribution in [3.05, 3.63) is 29.6 Å². The first-order valence-corrected chi connectivity index (χ1v) is 3.61. The van der Waals surface area contributed by atoms with Crippen molar-refractivity contribution in [3.63, 3.8) is 0 Å². The highest BCUT2D eigenvalue weighted by atomic mass is 19.1. The first kappa shape index (κ1) is 7.73. The molecule has 0 saturated carbocycles. The van der Waals surface area contributed by atoms with E-state index in [4.69, 9.17) is 0 Å². The second kappa shape index (κ2) is 2.29. The fourth-order valence-corrected chi connectivity index (χ4v) is 1.36. The molecule has 0 atom stereocenters. The molecule has 12 heavy (non-hydrogen) atoms. The van der Waals surface area contributed by atoms with Crippen molar-refractivity contribution in [1.29, 1.82) is 0 Å². The van der Waals surface area contributed by atoms with Gasteiger partial charge in [-0.2, -0.15) is 0 Å². The van der Waals surface area contributed by atoms with Gasteiger partial charge in [-0.15, -0.1) is 5.46 Å². The predicted molar refractivity (Wildman–Crippen MR) is 41.0 cm³/mol. The highest BCUT2D eigenvalue weighted by molar-refractivity contribution is 6.74. The van der Waals surface area contributed by atoms with Crippen molar-refractivity contribution in [2.24, 2.45) is 0 Å². The average Bonchev–Trinajstić information content (AvgIpc) is 2.27. The van der Waals surface area contributed by atoms with Gasteiger partial charge in [-0.05, 0) is 12.1 Å². The van der Waals surface area contributed by atoms with Gasteiger partial charge in [0.25, 0.3) is 0 Å². The van der Waals surface area contributed by atoms with Gasteiger partial charge in [0.15, 0.2) is 0 Å². The van der Waals surface area contributed by atoms with Gasteiger partial charge < -0.3 is 14.7 Å². The lowest BCUT2D eigenvalue weighted by atomic mass is 9.71. The number of hydrogen-bond donors (Lipinski definition) is 2. The summed E-state index contributed by atoms with van der Waals surface area (Å²) < 4.78 is 17.3. The molecule has 0 unspecified atom stereocenters. The molecule has 5 heteroatoms. The molecule has 1 aromatic rings. The third kappa shape index (κ3) is 1.03. The van der Waals surface area contributed by atoms with E-state index < -0.39 is 12.6 Å². The van der Waals surface area contributed by atoms with Gasteiger partial charge in [-0.25, -0.2) is 4.39 Å². The largest absolute Gasteiger partial charge is 0.556 e. The van der Waals surface area contributed by atoms with Crippen LogP contribution < -0.4 is 5.46 Å². The molecule has 1 aliphatic rings. The summed E-state index contributed by atoms with van der Waals surface area (Å²) in [5.74, 6) is -0.397. The van der Waals surface area contributed by atoms with Crippen LogP contribution in [0.1, 0.15) is 5.56 Å². The molecule has 64 valence electrons. The fourth-order valence-electron chi connectivity index (χ4n) is 1.36. The van der Waals surface area contributed by atoms with E-state index in [0.717, 1.165) is 0 Å². The summed E-state index contributed by atoms with van der Waals surface area (Å²) in [5.41, 5.74) is 0.774. The van der Waals surface area contributed by atoms with Crippen molar-refractivity contribution in [1.82, 2.24) is 0 Å². The van der Waals surface area contributed by atoms with Gasteiger partial charge in [-0.3, -0.25) is 0 Å². The Morgan fingerprint density at radius 3 is 2.92 bits per heavy atom. The number of hydrogen-bond acceptors (Lipinski definition) is 3. The van der Waals surface area contributed by atoms with Crippen LogP contribution in [-0.4, -0.2) is 16.8 Å². The topological polar surface area (TPSA) is 49.7 Å².